The van der Waals surface area contributed by atoms with Crippen LogP contribution in [0.5, 0.6) is 17.2 Å². The van der Waals surface area contributed by atoms with E-state index in [2.05, 4.69) is 0 Å². The van der Waals surface area contributed by atoms with E-state index < -0.39 is 0 Å². The Bertz CT molecular complexity index is 615. The fraction of sp³-hybridized carbons (Fsp3) is 0.500. The Balaban J connectivity index is 1.75. The van der Waals surface area contributed by atoms with Crippen LogP contribution in [0, 0.1) is 0 Å². The second-order valence-electron chi connectivity index (χ2n) is 6.08. The van der Waals surface area contributed by atoms with Crippen LogP contribution in [-0.2, 0) is 9.53 Å². The third kappa shape index (κ3) is 3.64. The molecule has 6 heteroatoms. The maximum atomic E-state index is 12.4. The molecule has 0 spiro atoms. The van der Waals surface area contributed by atoms with E-state index in [0.717, 1.165) is 5.56 Å². The minimum absolute atomic E-state index is 0.0224. The summed E-state index contributed by atoms with van der Waals surface area (Å²) in [5.74, 6) is 1.84. The van der Waals surface area contributed by atoms with E-state index in [0.29, 0.717) is 43.6 Å². The Morgan fingerprint density at radius 1 is 1.21 bits per heavy atom. The van der Waals surface area contributed by atoms with Crippen molar-refractivity contribution in [2.45, 2.75) is 26.1 Å². The van der Waals surface area contributed by atoms with Crippen molar-refractivity contribution in [1.29, 1.82) is 0 Å². The normalized spacial score (nSPS) is 23.4. The highest BCUT2D eigenvalue weighted by molar-refractivity contribution is 5.92. The summed E-state index contributed by atoms with van der Waals surface area (Å²) in [6.45, 7) is 6.18. The van der Waals surface area contributed by atoms with Crippen LogP contribution in [0.15, 0.2) is 18.2 Å². The van der Waals surface area contributed by atoms with Crippen molar-refractivity contribution >= 4 is 12.0 Å². The van der Waals surface area contributed by atoms with Crippen molar-refractivity contribution in [3.05, 3.63) is 23.8 Å². The Kier molecular flexibility index (Phi) is 4.94. The number of hydrogen-bond acceptors (Lipinski definition) is 5. The molecule has 2 unspecified atom stereocenters. The summed E-state index contributed by atoms with van der Waals surface area (Å²) in [5, 5.41) is 0. The van der Waals surface area contributed by atoms with Gasteiger partial charge in [0.05, 0.1) is 19.3 Å². The molecular weight excluding hydrogens is 310 g/mol. The predicted molar refractivity (Wildman–Crippen MR) is 89.6 cm³/mol. The molecule has 1 amide bonds. The van der Waals surface area contributed by atoms with Crippen molar-refractivity contribution in [3.63, 3.8) is 0 Å². The lowest BCUT2D eigenvalue weighted by atomic mass is 10.1. The molecule has 2 aliphatic rings. The van der Waals surface area contributed by atoms with Crippen LogP contribution in [0.3, 0.4) is 0 Å². The minimum Gasteiger partial charge on any atom is -0.493 e. The SMILES string of the molecule is COc1cc(C=CC(=O)N2CC(C)OC(C)C2)cc2c1OCCO2. The second kappa shape index (κ2) is 7.13. The first kappa shape index (κ1) is 16.6. The first-order valence-corrected chi connectivity index (χ1v) is 8.17. The smallest absolute Gasteiger partial charge is 0.246 e. The van der Waals surface area contributed by atoms with Gasteiger partial charge in [-0.1, -0.05) is 0 Å². The van der Waals surface area contributed by atoms with Gasteiger partial charge in [-0.25, -0.2) is 0 Å². The third-order valence-electron chi connectivity index (χ3n) is 4.00. The van der Waals surface area contributed by atoms with E-state index in [1.165, 1.54) is 0 Å². The van der Waals surface area contributed by atoms with Crippen LogP contribution in [-0.4, -0.2) is 56.4 Å². The number of ether oxygens (including phenoxy) is 4. The highest BCUT2D eigenvalue weighted by Gasteiger charge is 2.24. The van der Waals surface area contributed by atoms with Gasteiger partial charge in [0.1, 0.15) is 13.2 Å². The zero-order valence-electron chi connectivity index (χ0n) is 14.3. The quantitative estimate of drug-likeness (QED) is 0.793. The molecule has 24 heavy (non-hydrogen) atoms. The number of hydrogen-bond donors (Lipinski definition) is 0. The number of methoxy groups -OCH3 is 1. The Hall–Kier alpha value is -2.21. The molecule has 0 saturated carbocycles. The molecule has 2 aliphatic heterocycles. The molecule has 2 atom stereocenters. The number of nitrogens with zero attached hydrogens (tertiary/aromatic N) is 1. The molecule has 3 rings (SSSR count). The third-order valence-corrected chi connectivity index (χ3v) is 4.00. The van der Waals surface area contributed by atoms with Gasteiger partial charge in [-0.3, -0.25) is 4.79 Å². The standard InChI is InChI=1S/C18H23NO5/c1-12-10-19(11-13(2)24-12)17(20)5-4-14-8-15(21-3)18-16(9-14)22-6-7-23-18/h4-5,8-9,12-13H,6-7,10-11H2,1-3H3. The number of benzene rings is 1. The second-order valence-corrected chi connectivity index (χ2v) is 6.08. The lowest BCUT2D eigenvalue weighted by molar-refractivity contribution is -0.137. The maximum absolute atomic E-state index is 12.4. The molecule has 0 bridgehead atoms. The molecular formula is C18H23NO5. The summed E-state index contributed by atoms with van der Waals surface area (Å²) in [6.07, 6.45) is 3.46. The average Bonchev–Trinajstić information content (AvgIpc) is 2.58. The van der Waals surface area contributed by atoms with Gasteiger partial charge in [-0.05, 0) is 37.6 Å². The highest BCUT2D eigenvalue weighted by Crippen LogP contribution is 2.40. The largest absolute Gasteiger partial charge is 0.493 e. The van der Waals surface area contributed by atoms with Gasteiger partial charge in [-0.15, -0.1) is 0 Å². The summed E-state index contributed by atoms with van der Waals surface area (Å²) in [6, 6.07) is 3.69. The van der Waals surface area contributed by atoms with E-state index in [4.69, 9.17) is 18.9 Å². The van der Waals surface area contributed by atoms with Crippen LogP contribution in [0.25, 0.3) is 6.08 Å². The summed E-state index contributed by atoms with van der Waals surface area (Å²) < 4.78 is 22.2. The van der Waals surface area contributed by atoms with Crippen molar-refractivity contribution in [3.8, 4) is 17.2 Å². The molecule has 1 saturated heterocycles. The first-order chi connectivity index (χ1) is 11.6. The molecule has 2 heterocycles. The summed E-state index contributed by atoms with van der Waals surface area (Å²) in [5.41, 5.74) is 0.832. The molecule has 0 N–H and O–H groups in total. The Labute approximate surface area is 141 Å². The Morgan fingerprint density at radius 3 is 2.62 bits per heavy atom. The van der Waals surface area contributed by atoms with Crippen LogP contribution < -0.4 is 14.2 Å². The van der Waals surface area contributed by atoms with Gasteiger partial charge >= 0.3 is 0 Å². The number of carbonyl (C=O) groups excluding carboxylic acids is 1. The van der Waals surface area contributed by atoms with E-state index in [-0.39, 0.29) is 18.1 Å². The monoisotopic (exact) mass is 333 g/mol. The molecule has 0 aromatic heterocycles. The van der Waals surface area contributed by atoms with Gasteiger partial charge in [-0.2, -0.15) is 0 Å². The van der Waals surface area contributed by atoms with Crippen LogP contribution in [0.2, 0.25) is 0 Å². The van der Waals surface area contributed by atoms with Crippen LogP contribution in [0.1, 0.15) is 19.4 Å². The van der Waals surface area contributed by atoms with Crippen molar-refractivity contribution in [2.24, 2.45) is 0 Å². The number of amides is 1. The van der Waals surface area contributed by atoms with E-state index in [1.807, 2.05) is 30.9 Å². The molecule has 130 valence electrons. The van der Waals surface area contributed by atoms with E-state index in [9.17, 15) is 4.79 Å². The van der Waals surface area contributed by atoms with Crippen molar-refractivity contribution in [1.82, 2.24) is 4.90 Å². The minimum atomic E-state index is -0.0224. The molecule has 0 aliphatic carbocycles. The van der Waals surface area contributed by atoms with Crippen LogP contribution in [0.4, 0.5) is 0 Å². The number of morpholine rings is 1. The number of fused-ring (bicyclic) bond motifs is 1. The summed E-state index contributed by atoms with van der Waals surface area (Å²) >= 11 is 0. The topological polar surface area (TPSA) is 57.2 Å². The van der Waals surface area contributed by atoms with Gasteiger partial charge in [0.15, 0.2) is 11.5 Å². The predicted octanol–water partition coefficient (Wildman–Crippen LogP) is 2.12. The lowest BCUT2D eigenvalue weighted by Crippen LogP contribution is -2.47. The van der Waals surface area contributed by atoms with Gasteiger partial charge in [0, 0.05) is 19.2 Å². The van der Waals surface area contributed by atoms with Gasteiger partial charge in [0.25, 0.3) is 0 Å². The molecule has 1 aromatic rings. The average molecular weight is 333 g/mol. The zero-order valence-corrected chi connectivity index (χ0v) is 14.3. The number of carbonyl (C=O) groups is 1. The van der Waals surface area contributed by atoms with Crippen molar-refractivity contribution < 1.29 is 23.7 Å². The molecule has 1 aromatic carbocycles. The molecule has 0 radical (unpaired) electrons. The fourth-order valence-electron chi connectivity index (χ4n) is 3.02. The first-order valence-electron chi connectivity index (χ1n) is 8.17. The zero-order chi connectivity index (χ0) is 17.1. The lowest BCUT2D eigenvalue weighted by Gasteiger charge is -2.34. The summed E-state index contributed by atoms with van der Waals surface area (Å²) in [4.78, 5) is 14.2. The Morgan fingerprint density at radius 2 is 1.92 bits per heavy atom. The van der Waals surface area contributed by atoms with E-state index in [1.54, 1.807) is 19.3 Å². The number of rotatable bonds is 3. The summed E-state index contributed by atoms with van der Waals surface area (Å²) in [7, 11) is 1.59. The van der Waals surface area contributed by atoms with Crippen LogP contribution >= 0.6 is 0 Å². The highest BCUT2D eigenvalue weighted by atomic mass is 16.6. The fourth-order valence-corrected chi connectivity index (χ4v) is 3.02. The van der Waals surface area contributed by atoms with Gasteiger partial charge < -0.3 is 23.8 Å². The van der Waals surface area contributed by atoms with Gasteiger partial charge in [0.2, 0.25) is 11.7 Å². The molecule has 1 fully saturated rings. The maximum Gasteiger partial charge on any atom is 0.246 e. The molecule has 6 nitrogen and oxygen atoms in total. The van der Waals surface area contributed by atoms with E-state index >= 15 is 0 Å². The van der Waals surface area contributed by atoms with Crippen molar-refractivity contribution in [2.75, 3.05) is 33.4 Å².